The molecule has 0 bridgehead atoms. The summed E-state index contributed by atoms with van der Waals surface area (Å²) in [7, 11) is 0. The molecule has 3 rings (SSSR count). The van der Waals surface area contributed by atoms with Gasteiger partial charge in [-0.05, 0) is 47.5 Å². The Labute approximate surface area is 183 Å². The van der Waals surface area contributed by atoms with Crippen LogP contribution in [0.15, 0.2) is 60.7 Å². The Hall–Kier alpha value is -3.22. The highest BCUT2D eigenvalue weighted by Gasteiger charge is 2.13. The Morgan fingerprint density at radius 3 is 1.37 bits per heavy atom. The van der Waals surface area contributed by atoms with Gasteiger partial charge >= 0.3 is 11.9 Å². The third-order valence-electron chi connectivity index (χ3n) is 4.23. The lowest BCUT2D eigenvalue weighted by molar-refractivity contribution is 0.0461. The number of anilines is 2. The molecule has 0 fully saturated rings. The van der Waals surface area contributed by atoms with Crippen LogP contribution in [0.2, 0.25) is 10.0 Å². The molecule has 0 saturated heterocycles. The van der Waals surface area contributed by atoms with Gasteiger partial charge in [-0.1, -0.05) is 47.5 Å². The first-order valence-corrected chi connectivity index (χ1v) is 9.61. The summed E-state index contributed by atoms with van der Waals surface area (Å²) in [4.78, 5) is 24.3. The Bertz CT molecular complexity index is 998. The zero-order chi connectivity index (χ0) is 21.7. The van der Waals surface area contributed by atoms with Crippen molar-refractivity contribution < 1.29 is 19.1 Å². The van der Waals surface area contributed by atoms with E-state index in [4.69, 9.17) is 44.1 Å². The standard InChI is InChI=1S/C22H18Cl2N2O4/c23-15-5-7-17(19(25)9-15)21(27)29-11-13-1-2-14(4-3-13)12-30-22(28)18-8-6-16(24)10-20(18)26/h1-10H,11-12,25-26H2. The predicted octanol–water partition coefficient (Wildman–Crippen LogP) is 4.87. The monoisotopic (exact) mass is 444 g/mol. The summed E-state index contributed by atoms with van der Waals surface area (Å²) in [6.45, 7) is 0.143. The number of hydrogen-bond donors (Lipinski definition) is 2. The quantitative estimate of drug-likeness (QED) is 0.414. The maximum Gasteiger partial charge on any atom is 0.340 e. The molecule has 0 amide bonds. The zero-order valence-electron chi connectivity index (χ0n) is 15.7. The predicted molar refractivity (Wildman–Crippen MR) is 116 cm³/mol. The smallest absolute Gasteiger partial charge is 0.340 e. The first-order valence-electron chi connectivity index (χ1n) is 8.85. The maximum atomic E-state index is 12.2. The summed E-state index contributed by atoms with van der Waals surface area (Å²) in [5.41, 5.74) is 14.1. The number of hydrogen-bond acceptors (Lipinski definition) is 6. The number of esters is 2. The summed E-state index contributed by atoms with van der Waals surface area (Å²) < 4.78 is 10.6. The fraction of sp³-hybridized carbons (Fsp3) is 0.0909. The molecule has 0 heterocycles. The minimum atomic E-state index is -0.539. The Morgan fingerprint density at radius 2 is 1.03 bits per heavy atom. The van der Waals surface area contributed by atoms with Gasteiger partial charge in [-0.3, -0.25) is 0 Å². The van der Waals surface area contributed by atoms with Crippen LogP contribution in [0, 0.1) is 0 Å². The molecule has 0 unspecified atom stereocenters. The van der Waals surface area contributed by atoms with Gasteiger partial charge in [0.1, 0.15) is 13.2 Å². The highest BCUT2D eigenvalue weighted by Crippen LogP contribution is 2.21. The second-order valence-corrected chi connectivity index (χ2v) is 7.30. The first-order chi connectivity index (χ1) is 14.3. The molecule has 0 saturated carbocycles. The van der Waals surface area contributed by atoms with Crippen molar-refractivity contribution >= 4 is 46.5 Å². The number of nitrogens with two attached hydrogens (primary N) is 2. The molecule has 0 radical (unpaired) electrons. The molecule has 30 heavy (non-hydrogen) atoms. The van der Waals surface area contributed by atoms with Crippen molar-refractivity contribution in [3.8, 4) is 0 Å². The van der Waals surface area contributed by atoms with Gasteiger partial charge in [0.15, 0.2) is 0 Å². The molecule has 0 spiro atoms. The van der Waals surface area contributed by atoms with Crippen molar-refractivity contribution in [3.05, 3.63) is 93.0 Å². The van der Waals surface area contributed by atoms with Crippen LogP contribution in [0.5, 0.6) is 0 Å². The molecule has 0 aliphatic carbocycles. The van der Waals surface area contributed by atoms with E-state index in [1.54, 1.807) is 36.4 Å². The molecule has 0 aliphatic heterocycles. The van der Waals surface area contributed by atoms with Gasteiger partial charge in [-0.25, -0.2) is 9.59 Å². The lowest BCUT2D eigenvalue weighted by Crippen LogP contribution is -2.09. The van der Waals surface area contributed by atoms with E-state index in [0.29, 0.717) is 10.0 Å². The van der Waals surface area contributed by atoms with E-state index >= 15 is 0 Å². The van der Waals surface area contributed by atoms with Gasteiger partial charge < -0.3 is 20.9 Å². The second-order valence-electron chi connectivity index (χ2n) is 6.43. The van der Waals surface area contributed by atoms with Gasteiger partial charge in [-0.15, -0.1) is 0 Å². The average Bonchev–Trinajstić information content (AvgIpc) is 2.71. The van der Waals surface area contributed by atoms with Crippen LogP contribution in [0.1, 0.15) is 31.8 Å². The van der Waals surface area contributed by atoms with E-state index in [1.165, 1.54) is 24.3 Å². The number of carbonyl (C=O) groups excluding carboxylic acids is 2. The molecule has 3 aromatic carbocycles. The minimum Gasteiger partial charge on any atom is -0.457 e. The summed E-state index contributed by atoms with van der Waals surface area (Å²) >= 11 is 11.7. The first kappa shape index (κ1) is 21.5. The Morgan fingerprint density at radius 1 is 0.667 bits per heavy atom. The van der Waals surface area contributed by atoms with Crippen molar-refractivity contribution in [1.82, 2.24) is 0 Å². The molecule has 3 aromatic rings. The Balaban J connectivity index is 1.53. The molecule has 8 heteroatoms. The lowest BCUT2D eigenvalue weighted by Gasteiger charge is -2.09. The van der Waals surface area contributed by atoms with Crippen molar-refractivity contribution in [2.45, 2.75) is 13.2 Å². The van der Waals surface area contributed by atoms with Gasteiger partial charge in [0.05, 0.1) is 11.1 Å². The van der Waals surface area contributed by atoms with Crippen LogP contribution in [-0.2, 0) is 22.7 Å². The molecule has 0 aromatic heterocycles. The van der Waals surface area contributed by atoms with Crippen LogP contribution >= 0.6 is 23.2 Å². The van der Waals surface area contributed by atoms with E-state index in [0.717, 1.165) is 11.1 Å². The Kier molecular flexibility index (Phi) is 6.82. The van der Waals surface area contributed by atoms with Crippen molar-refractivity contribution in [1.29, 1.82) is 0 Å². The van der Waals surface area contributed by atoms with Crippen LogP contribution < -0.4 is 11.5 Å². The number of benzene rings is 3. The summed E-state index contributed by atoms with van der Waals surface area (Å²) in [5.74, 6) is -1.08. The number of rotatable bonds is 6. The molecule has 0 atom stereocenters. The molecule has 154 valence electrons. The highest BCUT2D eigenvalue weighted by molar-refractivity contribution is 6.31. The van der Waals surface area contributed by atoms with Gasteiger partial charge in [0.2, 0.25) is 0 Å². The number of halogens is 2. The zero-order valence-corrected chi connectivity index (χ0v) is 17.2. The maximum absolute atomic E-state index is 12.2. The van der Waals surface area contributed by atoms with Crippen LogP contribution in [0.4, 0.5) is 11.4 Å². The second kappa shape index (κ2) is 9.52. The van der Waals surface area contributed by atoms with E-state index in [-0.39, 0.29) is 35.7 Å². The summed E-state index contributed by atoms with van der Waals surface area (Å²) in [6.07, 6.45) is 0. The SMILES string of the molecule is Nc1cc(Cl)ccc1C(=O)OCc1ccc(COC(=O)c2ccc(Cl)cc2N)cc1. The van der Waals surface area contributed by atoms with E-state index in [2.05, 4.69) is 0 Å². The van der Waals surface area contributed by atoms with E-state index in [1.807, 2.05) is 0 Å². The molecular formula is C22H18Cl2N2O4. The van der Waals surface area contributed by atoms with Crippen LogP contribution in [0.25, 0.3) is 0 Å². The number of carbonyl (C=O) groups is 2. The minimum absolute atomic E-state index is 0.0717. The molecule has 6 nitrogen and oxygen atoms in total. The van der Waals surface area contributed by atoms with E-state index in [9.17, 15) is 9.59 Å². The molecule has 0 aliphatic rings. The fourth-order valence-electron chi connectivity index (χ4n) is 2.62. The van der Waals surface area contributed by atoms with Crippen LogP contribution in [0.3, 0.4) is 0 Å². The topological polar surface area (TPSA) is 105 Å². The third-order valence-corrected chi connectivity index (χ3v) is 4.70. The summed E-state index contributed by atoms with van der Waals surface area (Å²) in [5, 5.41) is 0.887. The highest BCUT2D eigenvalue weighted by atomic mass is 35.5. The normalized spacial score (nSPS) is 10.5. The van der Waals surface area contributed by atoms with E-state index < -0.39 is 11.9 Å². The lowest BCUT2D eigenvalue weighted by atomic mass is 10.1. The van der Waals surface area contributed by atoms with Gasteiger partial charge in [-0.2, -0.15) is 0 Å². The molecular weight excluding hydrogens is 427 g/mol. The third kappa shape index (κ3) is 5.43. The van der Waals surface area contributed by atoms with Gasteiger partial charge in [0, 0.05) is 21.4 Å². The van der Waals surface area contributed by atoms with Crippen molar-refractivity contribution in [3.63, 3.8) is 0 Å². The van der Waals surface area contributed by atoms with Gasteiger partial charge in [0.25, 0.3) is 0 Å². The average molecular weight is 445 g/mol. The molecule has 4 N–H and O–H groups in total. The van der Waals surface area contributed by atoms with Crippen molar-refractivity contribution in [2.24, 2.45) is 0 Å². The number of nitrogen functional groups attached to an aromatic ring is 2. The fourth-order valence-corrected chi connectivity index (χ4v) is 2.99. The number of ether oxygens (including phenoxy) is 2. The van der Waals surface area contributed by atoms with Crippen molar-refractivity contribution in [2.75, 3.05) is 11.5 Å². The summed E-state index contributed by atoms with van der Waals surface area (Å²) in [6, 6.07) is 16.3. The largest absolute Gasteiger partial charge is 0.457 e. The van der Waals surface area contributed by atoms with Crippen LogP contribution in [-0.4, -0.2) is 11.9 Å².